The van der Waals surface area contributed by atoms with Crippen LogP contribution < -0.4 is 10.7 Å². The van der Waals surface area contributed by atoms with E-state index >= 15 is 0 Å². The van der Waals surface area contributed by atoms with Gasteiger partial charge in [0, 0.05) is 24.2 Å². The van der Waals surface area contributed by atoms with Crippen LogP contribution in [0.3, 0.4) is 0 Å². The van der Waals surface area contributed by atoms with Gasteiger partial charge in [0.25, 0.3) is 5.91 Å². The molecule has 2 N–H and O–H groups in total. The highest BCUT2D eigenvalue weighted by atomic mass is 19.4. The molecule has 11 heteroatoms. The minimum absolute atomic E-state index is 0.00845. The summed E-state index contributed by atoms with van der Waals surface area (Å²) >= 11 is 0. The summed E-state index contributed by atoms with van der Waals surface area (Å²) in [6, 6.07) is 7.11. The maximum atomic E-state index is 12.9. The van der Waals surface area contributed by atoms with Crippen LogP contribution in [-0.4, -0.2) is 54.1 Å². The summed E-state index contributed by atoms with van der Waals surface area (Å²) in [5.74, 6) is -3.33. The maximum absolute atomic E-state index is 12.9. The molecule has 0 aromatic heterocycles. The SMILES string of the molecule is CN(C)Cc1ccc(NC2=C3C4=CC(=O)CC=C4N(NC2=O)C3OC(=O)C(F)(F)F)cc1. The smallest absolute Gasteiger partial charge is 0.429 e. The van der Waals surface area contributed by atoms with E-state index in [2.05, 4.69) is 10.7 Å². The lowest BCUT2D eigenvalue weighted by Crippen LogP contribution is -2.52. The van der Waals surface area contributed by atoms with Crippen molar-refractivity contribution in [2.75, 3.05) is 19.4 Å². The van der Waals surface area contributed by atoms with Crippen LogP contribution >= 0.6 is 0 Å². The number of carbonyl (C=O) groups is 3. The molecule has 2 bridgehead atoms. The van der Waals surface area contributed by atoms with Crippen LogP contribution in [0.1, 0.15) is 12.0 Å². The molecule has 4 rings (SSSR count). The van der Waals surface area contributed by atoms with Crippen LogP contribution in [0, 0.1) is 0 Å². The number of nitrogens with zero attached hydrogens (tertiary/aromatic N) is 2. The van der Waals surface area contributed by atoms with Crippen LogP contribution in [0.4, 0.5) is 18.9 Å². The van der Waals surface area contributed by atoms with Gasteiger partial charge in [-0.2, -0.15) is 13.2 Å². The lowest BCUT2D eigenvalue weighted by Gasteiger charge is -2.32. The first kappa shape index (κ1) is 21.6. The zero-order chi connectivity index (χ0) is 23.2. The zero-order valence-corrected chi connectivity index (χ0v) is 17.1. The first-order chi connectivity index (χ1) is 15.0. The summed E-state index contributed by atoms with van der Waals surface area (Å²) in [6.45, 7) is 0.697. The third-order valence-corrected chi connectivity index (χ3v) is 5.00. The van der Waals surface area contributed by atoms with Crippen molar-refractivity contribution in [2.45, 2.75) is 25.4 Å². The van der Waals surface area contributed by atoms with Crippen molar-refractivity contribution in [1.82, 2.24) is 15.3 Å². The van der Waals surface area contributed by atoms with E-state index in [0.29, 0.717) is 17.9 Å². The van der Waals surface area contributed by atoms with Gasteiger partial charge in [0.05, 0.1) is 11.3 Å². The van der Waals surface area contributed by atoms with Gasteiger partial charge in [0.2, 0.25) is 6.23 Å². The Bertz CT molecular complexity index is 1090. The van der Waals surface area contributed by atoms with Gasteiger partial charge in [-0.1, -0.05) is 18.2 Å². The van der Waals surface area contributed by atoms with Crippen LogP contribution in [0.5, 0.6) is 0 Å². The first-order valence-electron chi connectivity index (χ1n) is 9.63. The monoisotopic (exact) mass is 448 g/mol. The number of ketones is 1. The number of carbonyl (C=O) groups excluding carboxylic acids is 3. The number of hydrogen-bond donors (Lipinski definition) is 2. The van der Waals surface area contributed by atoms with Gasteiger partial charge in [-0.25, -0.2) is 9.80 Å². The predicted molar refractivity (Wildman–Crippen MR) is 106 cm³/mol. The summed E-state index contributed by atoms with van der Waals surface area (Å²) < 4.78 is 43.3. The van der Waals surface area contributed by atoms with Gasteiger partial charge in [0.1, 0.15) is 5.70 Å². The number of fused-ring (bicyclic) bond motifs is 5. The number of alkyl halides is 3. The molecule has 2 heterocycles. The Morgan fingerprint density at radius 1 is 1.25 bits per heavy atom. The number of allylic oxidation sites excluding steroid dienone is 3. The number of rotatable bonds is 5. The number of esters is 1. The average molecular weight is 448 g/mol. The average Bonchev–Trinajstić information content (AvgIpc) is 2.91. The second-order valence-electron chi connectivity index (χ2n) is 7.73. The number of benzene rings is 1. The van der Waals surface area contributed by atoms with E-state index in [4.69, 9.17) is 4.74 Å². The van der Waals surface area contributed by atoms with Gasteiger partial charge >= 0.3 is 12.1 Å². The first-order valence-corrected chi connectivity index (χ1v) is 9.63. The van der Waals surface area contributed by atoms with E-state index in [9.17, 15) is 27.6 Å². The molecule has 3 aliphatic rings. The number of ether oxygens (including phenoxy) is 1. The van der Waals surface area contributed by atoms with Crippen molar-refractivity contribution >= 4 is 23.3 Å². The summed E-state index contributed by atoms with van der Waals surface area (Å²) in [6.07, 6.45) is -4.07. The number of nitrogens with one attached hydrogen (secondary N) is 2. The van der Waals surface area contributed by atoms with Crippen LogP contribution in [-0.2, 0) is 25.7 Å². The van der Waals surface area contributed by atoms with Crippen molar-refractivity contribution < 1.29 is 32.3 Å². The predicted octanol–water partition coefficient (Wildman–Crippen LogP) is 1.99. The molecular weight excluding hydrogens is 429 g/mol. The van der Waals surface area contributed by atoms with Gasteiger partial charge in [-0.05, 0) is 37.9 Å². The zero-order valence-electron chi connectivity index (χ0n) is 17.1. The van der Waals surface area contributed by atoms with Gasteiger partial charge < -0.3 is 15.0 Å². The highest BCUT2D eigenvalue weighted by Gasteiger charge is 2.51. The molecule has 1 atom stereocenters. The molecule has 1 aromatic rings. The van der Waals surface area contributed by atoms with E-state index in [-0.39, 0.29) is 29.0 Å². The Morgan fingerprint density at radius 3 is 2.56 bits per heavy atom. The van der Waals surface area contributed by atoms with Gasteiger partial charge in [0.15, 0.2) is 5.78 Å². The summed E-state index contributed by atoms with van der Waals surface area (Å²) in [5, 5.41) is 3.94. The van der Waals surface area contributed by atoms with Crippen molar-refractivity contribution in [3.8, 4) is 0 Å². The molecule has 8 nitrogen and oxygen atoms in total. The second-order valence-corrected chi connectivity index (χ2v) is 7.73. The third kappa shape index (κ3) is 3.98. The summed E-state index contributed by atoms with van der Waals surface area (Å²) in [7, 11) is 3.84. The molecule has 32 heavy (non-hydrogen) atoms. The molecule has 0 spiro atoms. The lowest BCUT2D eigenvalue weighted by molar-refractivity contribution is -0.209. The summed E-state index contributed by atoms with van der Waals surface area (Å²) in [5.41, 5.74) is 4.36. The fourth-order valence-corrected chi connectivity index (χ4v) is 3.70. The fraction of sp³-hybridized carbons (Fsp3) is 0.286. The molecule has 1 amide bonds. The number of amides is 1. The molecule has 1 unspecified atom stereocenters. The second kappa shape index (κ2) is 7.83. The highest BCUT2D eigenvalue weighted by molar-refractivity contribution is 6.03. The molecule has 1 fully saturated rings. The Morgan fingerprint density at radius 2 is 1.94 bits per heavy atom. The minimum atomic E-state index is -5.22. The molecule has 0 radical (unpaired) electrons. The number of halogens is 3. The standard InChI is InChI=1S/C21H19F3N4O4/c1-27(2)10-11-3-5-12(6-4-11)25-17-16-14-9-13(29)7-8-15(14)28(26-18(17)30)19(16)32-20(31)21(22,23)24/h3-6,8-9,19,25H,7,10H2,1-2H3,(H,26,30). The maximum Gasteiger partial charge on any atom is 0.491 e. The Labute approximate surface area is 181 Å². The van der Waals surface area contributed by atoms with Crippen LogP contribution in [0.15, 0.2) is 59.0 Å². The van der Waals surface area contributed by atoms with Crippen LogP contribution in [0.2, 0.25) is 0 Å². The molecule has 2 aliphatic heterocycles. The van der Waals surface area contributed by atoms with Crippen molar-refractivity contribution in [2.24, 2.45) is 0 Å². The van der Waals surface area contributed by atoms with Gasteiger partial charge in [-0.3, -0.25) is 15.0 Å². The minimum Gasteiger partial charge on any atom is -0.429 e. The van der Waals surface area contributed by atoms with Crippen molar-refractivity contribution in [3.05, 3.63) is 64.5 Å². The van der Waals surface area contributed by atoms with Crippen molar-refractivity contribution in [1.29, 1.82) is 0 Å². The van der Waals surface area contributed by atoms with E-state index < -0.39 is 24.3 Å². The number of anilines is 1. The Hall–Kier alpha value is -3.60. The van der Waals surface area contributed by atoms with Crippen LogP contribution in [0.25, 0.3) is 0 Å². The van der Waals surface area contributed by atoms with E-state index in [0.717, 1.165) is 10.6 Å². The molecule has 168 valence electrons. The largest absolute Gasteiger partial charge is 0.491 e. The summed E-state index contributed by atoms with van der Waals surface area (Å²) in [4.78, 5) is 38.3. The Kier molecular flexibility index (Phi) is 5.29. The van der Waals surface area contributed by atoms with E-state index in [1.807, 2.05) is 31.1 Å². The number of hydrazine groups is 1. The van der Waals surface area contributed by atoms with Crippen molar-refractivity contribution in [3.63, 3.8) is 0 Å². The molecule has 1 aliphatic carbocycles. The Balaban J connectivity index is 1.74. The van der Waals surface area contributed by atoms with Gasteiger partial charge in [-0.15, -0.1) is 0 Å². The lowest BCUT2D eigenvalue weighted by atomic mass is 9.97. The molecule has 0 saturated carbocycles. The number of hydrogen-bond acceptors (Lipinski definition) is 7. The van der Waals surface area contributed by atoms with E-state index in [1.54, 1.807) is 12.1 Å². The third-order valence-electron chi connectivity index (χ3n) is 5.00. The quantitative estimate of drug-likeness (QED) is 0.666. The molecular formula is C21H19F3N4O4. The van der Waals surface area contributed by atoms with E-state index in [1.165, 1.54) is 12.2 Å². The fourth-order valence-electron chi connectivity index (χ4n) is 3.70. The molecule has 1 saturated heterocycles. The topological polar surface area (TPSA) is 91.0 Å². The highest BCUT2D eigenvalue weighted by Crippen LogP contribution is 2.43. The normalized spacial score (nSPS) is 20.1. The molecule has 1 aromatic carbocycles.